The lowest BCUT2D eigenvalue weighted by molar-refractivity contribution is 0.280. The van der Waals surface area contributed by atoms with Crippen LogP contribution in [0.25, 0.3) is 0 Å². The van der Waals surface area contributed by atoms with E-state index in [0.29, 0.717) is 30.2 Å². The molecule has 1 saturated heterocycles. The van der Waals surface area contributed by atoms with Crippen LogP contribution >= 0.6 is 0 Å². The molecule has 0 aliphatic carbocycles. The maximum atomic E-state index is 12.5. The van der Waals surface area contributed by atoms with Crippen molar-refractivity contribution in [3.8, 4) is 0 Å². The Morgan fingerprint density at radius 2 is 1.90 bits per heavy atom. The molecule has 7 heteroatoms. The van der Waals surface area contributed by atoms with Gasteiger partial charge in [0.1, 0.15) is 0 Å². The van der Waals surface area contributed by atoms with E-state index in [-0.39, 0.29) is 11.5 Å². The number of hydrogen-bond acceptors (Lipinski definition) is 4. The van der Waals surface area contributed by atoms with Crippen LogP contribution in [0.5, 0.6) is 0 Å². The van der Waals surface area contributed by atoms with Gasteiger partial charge in [-0.25, -0.2) is 8.42 Å². The van der Waals surface area contributed by atoms with Gasteiger partial charge in [0.2, 0.25) is 10.0 Å². The molecule has 1 aromatic rings. The number of benzene rings is 1. The van der Waals surface area contributed by atoms with E-state index in [9.17, 15) is 17.7 Å². The van der Waals surface area contributed by atoms with E-state index < -0.39 is 20.8 Å². The first-order chi connectivity index (χ1) is 9.48. The summed E-state index contributed by atoms with van der Waals surface area (Å²) in [6, 6.07) is 4.87. The molecular weight excluding hydrogens is 298 g/mol. The minimum atomic E-state index is -3.56. The molecule has 1 fully saturated rings. The second kappa shape index (κ2) is 6.34. The normalized spacial score (nSPS) is 18.3. The van der Waals surface area contributed by atoms with Gasteiger partial charge < -0.3 is 5.11 Å². The first kappa shape index (κ1) is 15.6. The zero-order valence-corrected chi connectivity index (χ0v) is 13.0. The van der Waals surface area contributed by atoms with Crippen molar-refractivity contribution in [2.45, 2.75) is 24.8 Å². The van der Waals surface area contributed by atoms with Gasteiger partial charge in [0.15, 0.2) is 0 Å². The topological polar surface area (TPSA) is 74.7 Å². The third kappa shape index (κ3) is 3.11. The number of aryl methyl sites for hydroxylation is 1. The van der Waals surface area contributed by atoms with Crippen LogP contribution in [0.15, 0.2) is 23.1 Å². The van der Waals surface area contributed by atoms with Crippen molar-refractivity contribution in [1.29, 1.82) is 0 Å². The summed E-state index contributed by atoms with van der Waals surface area (Å²) in [5, 5.41) is 9.34. The monoisotopic (exact) mass is 317 g/mol. The zero-order chi connectivity index (χ0) is 14.8. The molecule has 0 atom stereocenters. The minimum Gasteiger partial charge on any atom is -0.392 e. The fourth-order valence-corrected chi connectivity index (χ4v) is 5.04. The van der Waals surface area contributed by atoms with Gasteiger partial charge >= 0.3 is 0 Å². The van der Waals surface area contributed by atoms with Crippen LogP contribution in [-0.2, 0) is 33.9 Å². The molecule has 1 aliphatic rings. The second-order valence-corrected chi connectivity index (χ2v) is 8.33. The average Bonchev–Trinajstić information content (AvgIpc) is 2.46. The number of aliphatic hydroxyl groups is 1. The van der Waals surface area contributed by atoms with Gasteiger partial charge in [0, 0.05) is 35.4 Å². The highest BCUT2D eigenvalue weighted by molar-refractivity contribution is 7.89. The standard InChI is InChI=1S/C13H19NO4S2/c1-2-11-3-4-13(9-12(11)10-15)20(17,18)14-5-7-19(16)8-6-14/h3-4,9,15H,2,5-8,10H2,1H3. The first-order valence-electron chi connectivity index (χ1n) is 6.56. The number of nitrogens with zero attached hydrogens (tertiary/aromatic N) is 1. The van der Waals surface area contributed by atoms with Gasteiger partial charge in [-0.2, -0.15) is 4.31 Å². The van der Waals surface area contributed by atoms with Crippen molar-refractivity contribution < 1.29 is 17.7 Å². The Balaban J connectivity index is 2.32. The molecule has 0 unspecified atom stereocenters. The Morgan fingerprint density at radius 1 is 1.25 bits per heavy atom. The van der Waals surface area contributed by atoms with Crippen LogP contribution < -0.4 is 0 Å². The SMILES string of the molecule is CCc1ccc(S(=O)(=O)N2CCS(=O)CC2)cc1CO. The van der Waals surface area contributed by atoms with E-state index in [4.69, 9.17) is 0 Å². The summed E-state index contributed by atoms with van der Waals surface area (Å²) in [6.45, 7) is 2.37. The van der Waals surface area contributed by atoms with Crippen molar-refractivity contribution in [1.82, 2.24) is 4.31 Å². The number of hydrogen-bond donors (Lipinski definition) is 1. The maximum Gasteiger partial charge on any atom is 0.243 e. The molecule has 0 spiro atoms. The van der Waals surface area contributed by atoms with E-state index in [1.807, 2.05) is 6.92 Å². The van der Waals surface area contributed by atoms with Crippen molar-refractivity contribution in [2.75, 3.05) is 24.6 Å². The molecular formula is C13H19NO4S2. The fraction of sp³-hybridized carbons (Fsp3) is 0.538. The van der Waals surface area contributed by atoms with E-state index in [2.05, 4.69) is 0 Å². The predicted molar refractivity (Wildman–Crippen MR) is 78.4 cm³/mol. The van der Waals surface area contributed by atoms with Gasteiger partial charge in [-0.3, -0.25) is 4.21 Å². The lowest BCUT2D eigenvalue weighted by atomic mass is 10.1. The van der Waals surface area contributed by atoms with E-state index >= 15 is 0 Å². The van der Waals surface area contributed by atoms with Gasteiger partial charge in [-0.1, -0.05) is 13.0 Å². The van der Waals surface area contributed by atoms with E-state index in [1.165, 1.54) is 4.31 Å². The summed E-state index contributed by atoms with van der Waals surface area (Å²) in [5.41, 5.74) is 1.60. The average molecular weight is 317 g/mol. The van der Waals surface area contributed by atoms with E-state index in [1.54, 1.807) is 18.2 Å². The molecule has 20 heavy (non-hydrogen) atoms. The second-order valence-electron chi connectivity index (χ2n) is 4.69. The van der Waals surface area contributed by atoms with Crippen LogP contribution in [0, 0.1) is 0 Å². The molecule has 112 valence electrons. The zero-order valence-electron chi connectivity index (χ0n) is 11.4. The predicted octanol–water partition coefficient (Wildman–Crippen LogP) is 0.494. The Hall–Kier alpha value is -0.760. The molecule has 1 aliphatic heterocycles. The Morgan fingerprint density at radius 3 is 2.45 bits per heavy atom. The highest BCUT2D eigenvalue weighted by Crippen LogP contribution is 2.21. The molecule has 1 heterocycles. The van der Waals surface area contributed by atoms with Crippen LogP contribution in [0.4, 0.5) is 0 Å². The van der Waals surface area contributed by atoms with Gasteiger partial charge in [0.05, 0.1) is 11.5 Å². The molecule has 0 aromatic heterocycles. The summed E-state index contributed by atoms with van der Waals surface area (Å²) in [6.07, 6.45) is 0.749. The lowest BCUT2D eigenvalue weighted by Crippen LogP contribution is -2.41. The van der Waals surface area contributed by atoms with Gasteiger partial charge in [-0.05, 0) is 29.7 Å². The van der Waals surface area contributed by atoms with Crippen molar-refractivity contribution in [3.05, 3.63) is 29.3 Å². The van der Waals surface area contributed by atoms with E-state index in [0.717, 1.165) is 12.0 Å². The smallest absolute Gasteiger partial charge is 0.243 e. The minimum absolute atomic E-state index is 0.170. The molecule has 5 nitrogen and oxygen atoms in total. The Bertz CT molecular complexity index is 603. The molecule has 0 amide bonds. The van der Waals surface area contributed by atoms with Crippen LogP contribution in [0.2, 0.25) is 0 Å². The van der Waals surface area contributed by atoms with Crippen molar-refractivity contribution in [2.24, 2.45) is 0 Å². The largest absolute Gasteiger partial charge is 0.392 e. The van der Waals surface area contributed by atoms with Crippen LogP contribution in [0.1, 0.15) is 18.1 Å². The summed E-state index contributed by atoms with van der Waals surface area (Å²) in [4.78, 5) is 0.200. The molecule has 0 saturated carbocycles. The van der Waals surface area contributed by atoms with Gasteiger partial charge in [-0.15, -0.1) is 0 Å². The summed E-state index contributed by atoms with van der Waals surface area (Å²) in [7, 11) is -4.46. The third-order valence-corrected chi connectivity index (χ3v) is 6.67. The lowest BCUT2D eigenvalue weighted by Gasteiger charge is -2.25. The van der Waals surface area contributed by atoms with Gasteiger partial charge in [0.25, 0.3) is 0 Å². The molecule has 0 bridgehead atoms. The first-order valence-corrected chi connectivity index (χ1v) is 9.49. The summed E-state index contributed by atoms with van der Waals surface area (Å²) < 4.78 is 37.7. The number of aliphatic hydroxyl groups excluding tert-OH is 1. The number of rotatable bonds is 4. The van der Waals surface area contributed by atoms with Crippen molar-refractivity contribution in [3.63, 3.8) is 0 Å². The highest BCUT2D eigenvalue weighted by atomic mass is 32.2. The maximum absolute atomic E-state index is 12.5. The number of sulfonamides is 1. The highest BCUT2D eigenvalue weighted by Gasteiger charge is 2.28. The Kier molecular flexibility index (Phi) is 4.95. The van der Waals surface area contributed by atoms with Crippen LogP contribution in [0.3, 0.4) is 0 Å². The molecule has 2 rings (SSSR count). The fourth-order valence-electron chi connectivity index (χ4n) is 2.27. The molecule has 1 aromatic carbocycles. The summed E-state index contributed by atoms with van der Waals surface area (Å²) >= 11 is 0. The molecule has 0 radical (unpaired) electrons. The Labute approximate surface area is 122 Å². The van der Waals surface area contributed by atoms with Crippen molar-refractivity contribution >= 4 is 20.8 Å². The quantitative estimate of drug-likeness (QED) is 0.877. The molecule has 1 N–H and O–H groups in total. The van der Waals surface area contributed by atoms with Crippen LogP contribution in [-0.4, -0.2) is 46.6 Å². The summed E-state index contributed by atoms with van der Waals surface area (Å²) in [5.74, 6) is 0.776. The third-order valence-electron chi connectivity index (χ3n) is 3.50.